The van der Waals surface area contributed by atoms with Gasteiger partial charge in [0.1, 0.15) is 11.6 Å². The SMILES string of the molecule is COc1cccc(C(CNC(=O)c2cc(F)cc(F)c2)c2c[nH]c3ccccc23)c1OC. The summed E-state index contributed by atoms with van der Waals surface area (Å²) in [6.45, 7) is 0.169. The van der Waals surface area contributed by atoms with Crippen molar-refractivity contribution in [1.82, 2.24) is 10.3 Å². The third kappa shape index (κ3) is 4.14. The van der Waals surface area contributed by atoms with Crippen LogP contribution in [0.2, 0.25) is 0 Å². The highest BCUT2D eigenvalue weighted by molar-refractivity contribution is 5.94. The van der Waals surface area contributed by atoms with Gasteiger partial charge in [-0.1, -0.05) is 30.3 Å². The average Bonchev–Trinajstić information content (AvgIpc) is 3.22. The second-order valence-corrected chi connectivity index (χ2v) is 7.29. The molecule has 1 amide bonds. The minimum Gasteiger partial charge on any atom is -0.493 e. The summed E-state index contributed by atoms with van der Waals surface area (Å²) in [5.74, 6) is -1.39. The number of ether oxygens (including phenoxy) is 2. The van der Waals surface area contributed by atoms with Gasteiger partial charge in [-0.2, -0.15) is 0 Å². The summed E-state index contributed by atoms with van der Waals surface area (Å²) in [6.07, 6.45) is 1.89. The first kappa shape index (κ1) is 21.4. The molecule has 0 bridgehead atoms. The summed E-state index contributed by atoms with van der Waals surface area (Å²) in [4.78, 5) is 15.9. The Bertz CT molecular complexity index is 1250. The van der Waals surface area contributed by atoms with Gasteiger partial charge >= 0.3 is 0 Å². The van der Waals surface area contributed by atoms with Crippen LogP contribution in [0.3, 0.4) is 0 Å². The molecule has 7 heteroatoms. The number of carbonyl (C=O) groups is 1. The molecule has 0 fully saturated rings. The number of halogens is 2. The number of aromatic amines is 1. The van der Waals surface area contributed by atoms with E-state index >= 15 is 0 Å². The monoisotopic (exact) mass is 436 g/mol. The zero-order chi connectivity index (χ0) is 22.7. The molecule has 1 atom stereocenters. The van der Waals surface area contributed by atoms with Gasteiger partial charge in [0, 0.05) is 46.8 Å². The summed E-state index contributed by atoms with van der Waals surface area (Å²) >= 11 is 0. The molecule has 5 nitrogen and oxygen atoms in total. The molecule has 0 aliphatic heterocycles. The summed E-state index contributed by atoms with van der Waals surface area (Å²) in [7, 11) is 3.12. The minimum absolute atomic E-state index is 0.0854. The summed E-state index contributed by atoms with van der Waals surface area (Å²) in [5.41, 5.74) is 2.62. The number of H-pyrrole nitrogens is 1. The lowest BCUT2D eigenvalue weighted by molar-refractivity contribution is 0.0951. The second-order valence-electron chi connectivity index (χ2n) is 7.29. The van der Waals surface area contributed by atoms with E-state index in [4.69, 9.17) is 9.47 Å². The zero-order valence-electron chi connectivity index (χ0n) is 17.6. The smallest absolute Gasteiger partial charge is 0.251 e. The van der Waals surface area contributed by atoms with E-state index in [-0.39, 0.29) is 18.0 Å². The van der Waals surface area contributed by atoms with Crippen molar-refractivity contribution >= 4 is 16.8 Å². The number of methoxy groups -OCH3 is 2. The first-order valence-electron chi connectivity index (χ1n) is 10.0. The van der Waals surface area contributed by atoms with Crippen molar-refractivity contribution in [3.63, 3.8) is 0 Å². The van der Waals surface area contributed by atoms with Crippen molar-refractivity contribution in [2.75, 3.05) is 20.8 Å². The number of para-hydroxylation sites is 2. The van der Waals surface area contributed by atoms with Crippen LogP contribution in [0.5, 0.6) is 11.5 Å². The maximum atomic E-state index is 13.6. The van der Waals surface area contributed by atoms with Crippen LogP contribution < -0.4 is 14.8 Å². The van der Waals surface area contributed by atoms with Gasteiger partial charge < -0.3 is 19.8 Å². The van der Waals surface area contributed by atoms with Crippen molar-refractivity contribution in [2.45, 2.75) is 5.92 Å². The van der Waals surface area contributed by atoms with Crippen molar-refractivity contribution < 1.29 is 23.0 Å². The van der Waals surface area contributed by atoms with Gasteiger partial charge in [0.05, 0.1) is 14.2 Å². The van der Waals surface area contributed by atoms with Crippen LogP contribution in [0.15, 0.2) is 66.9 Å². The van der Waals surface area contributed by atoms with Gasteiger partial charge in [0.2, 0.25) is 0 Å². The molecule has 4 rings (SSSR count). The first-order chi connectivity index (χ1) is 15.5. The van der Waals surface area contributed by atoms with Gasteiger partial charge in [0.15, 0.2) is 11.5 Å². The van der Waals surface area contributed by atoms with Crippen molar-refractivity contribution in [1.29, 1.82) is 0 Å². The molecular weight excluding hydrogens is 414 g/mol. The van der Waals surface area contributed by atoms with E-state index in [1.165, 1.54) is 0 Å². The molecule has 0 radical (unpaired) electrons. The average molecular weight is 436 g/mol. The van der Waals surface area contributed by atoms with Gasteiger partial charge in [0.25, 0.3) is 5.91 Å². The number of hydrogen-bond acceptors (Lipinski definition) is 3. The van der Waals surface area contributed by atoms with E-state index in [9.17, 15) is 13.6 Å². The Morgan fingerprint density at radius 3 is 2.44 bits per heavy atom. The molecule has 0 saturated carbocycles. The Morgan fingerprint density at radius 1 is 0.969 bits per heavy atom. The van der Waals surface area contributed by atoms with Crippen molar-refractivity contribution in [2.24, 2.45) is 0 Å². The van der Waals surface area contributed by atoms with Gasteiger partial charge in [-0.15, -0.1) is 0 Å². The Kier molecular flexibility index (Phi) is 6.07. The van der Waals surface area contributed by atoms with Crippen LogP contribution in [0.4, 0.5) is 8.78 Å². The molecular formula is C25H22F2N2O3. The number of fused-ring (bicyclic) bond motifs is 1. The molecule has 1 unspecified atom stereocenters. The van der Waals surface area contributed by atoms with Gasteiger partial charge in [-0.25, -0.2) is 8.78 Å². The highest BCUT2D eigenvalue weighted by Crippen LogP contribution is 2.40. The molecule has 2 N–H and O–H groups in total. The maximum Gasteiger partial charge on any atom is 0.251 e. The van der Waals surface area contributed by atoms with Crippen molar-refractivity contribution in [3.8, 4) is 11.5 Å². The number of aromatic nitrogens is 1. The molecule has 164 valence electrons. The van der Waals surface area contributed by atoms with E-state index in [0.717, 1.165) is 40.2 Å². The molecule has 0 aliphatic rings. The Balaban J connectivity index is 1.74. The maximum absolute atomic E-state index is 13.6. The Labute approximate surface area is 184 Å². The van der Waals surface area contributed by atoms with E-state index in [2.05, 4.69) is 10.3 Å². The third-order valence-corrected chi connectivity index (χ3v) is 5.40. The molecule has 0 spiro atoms. The number of hydrogen-bond donors (Lipinski definition) is 2. The molecule has 0 saturated heterocycles. The predicted octanol–water partition coefficient (Wildman–Crippen LogP) is 5.03. The number of rotatable bonds is 7. The quantitative estimate of drug-likeness (QED) is 0.427. The summed E-state index contributed by atoms with van der Waals surface area (Å²) < 4.78 is 38.2. The Morgan fingerprint density at radius 2 is 1.72 bits per heavy atom. The van der Waals surface area contributed by atoms with Gasteiger partial charge in [-0.05, 0) is 29.8 Å². The van der Waals surface area contributed by atoms with Crippen LogP contribution in [-0.4, -0.2) is 31.7 Å². The lowest BCUT2D eigenvalue weighted by Gasteiger charge is -2.22. The lowest BCUT2D eigenvalue weighted by Crippen LogP contribution is -2.29. The van der Waals surface area contributed by atoms with E-state index in [1.807, 2.05) is 42.6 Å². The van der Waals surface area contributed by atoms with Crippen molar-refractivity contribution in [3.05, 3.63) is 95.2 Å². The van der Waals surface area contributed by atoms with Crippen LogP contribution in [-0.2, 0) is 0 Å². The van der Waals surface area contributed by atoms with E-state index < -0.39 is 17.5 Å². The van der Waals surface area contributed by atoms with Crippen LogP contribution in [0, 0.1) is 11.6 Å². The summed E-state index contributed by atoms with van der Waals surface area (Å²) in [5, 5.41) is 3.81. The highest BCUT2D eigenvalue weighted by atomic mass is 19.1. The van der Waals surface area contributed by atoms with Crippen LogP contribution in [0.25, 0.3) is 10.9 Å². The molecule has 4 aromatic rings. The number of carbonyl (C=O) groups excluding carboxylic acids is 1. The fourth-order valence-corrected chi connectivity index (χ4v) is 3.94. The van der Waals surface area contributed by atoms with E-state index in [1.54, 1.807) is 20.3 Å². The molecule has 0 aliphatic carbocycles. The minimum atomic E-state index is -0.808. The summed E-state index contributed by atoms with van der Waals surface area (Å²) in [6, 6.07) is 16.1. The second kappa shape index (κ2) is 9.09. The predicted molar refractivity (Wildman–Crippen MR) is 118 cm³/mol. The molecule has 1 aromatic heterocycles. The first-order valence-corrected chi connectivity index (χ1v) is 10.0. The highest BCUT2D eigenvalue weighted by Gasteiger charge is 2.24. The standard InChI is InChI=1S/C25H22F2N2O3/c1-31-23-9-5-7-19(24(23)32-2)21(20-13-28-22-8-4-3-6-18(20)22)14-29-25(30)15-10-16(26)12-17(27)11-15/h3-13,21,28H,14H2,1-2H3,(H,29,30). The fraction of sp³-hybridized carbons (Fsp3) is 0.160. The zero-order valence-corrected chi connectivity index (χ0v) is 17.6. The third-order valence-electron chi connectivity index (χ3n) is 5.40. The molecule has 32 heavy (non-hydrogen) atoms. The molecule has 3 aromatic carbocycles. The topological polar surface area (TPSA) is 63.3 Å². The normalized spacial score (nSPS) is 11.9. The largest absolute Gasteiger partial charge is 0.493 e. The van der Waals surface area contributed by atoms with Crippen LogP contribution in [0.1, 0.15) is 27.4 Å². The Hall–Kier alpha value is -3.87. The fourth-order valence-electron chi connectivity index (χ4n) is 3.94. The van der Waals surface area contributed by atoms with Gasteiger partial charge in [-0.3, -0.25) is 4.79 Å². The lowest BCUT2D eigenvalue weighted by atomic mass is 9.89. The number of nitrogens with one attached hydrogen (secondary N) is 2. The molecule has 1 heterocycles. The number of amides is 1. The number of benzene rings is 3. The van der Waals surface area contributed by atoms with E-state index in [0.29, 0.717) is 11.5 Å². The van der Waals surface area contributed by atoms with Crippen LogP contribution >= 0.6 is 0 Å².